The van der Waals surface area contributed by atoms with Gasteiger partial charge in [0.05, 0.1) is 0 Å². The van der Waals surface area contributed by atoms with Gasteiger partial charge in [-0.15, -0.1) is 0 Å². The summed E-state index contributed by atoms with van der Waals surface area (Å²) < 4.78 is 7.88. The zero-order chi connectivity index (χ0) is 14.1. The van der Waals surface area contributed by atoms with Gasteiger partial charge in [0.15, 0.2) is 5.65 Å². The molecule has 21 heavy (non-hydrogen) atoms. The minimum absolute atomic E-state index is 0.516. The Labute approximate surface area is 124 Å². The first-order valence-electron chi connectivity index (χ1n) is 8.01. The molecule has 4 heterocycles. The average Bonchev–Trinajstić information content (AvgIpc) is 3.17. The number of hydrogen-bond donors (Lipinski definition) is 1. The van der Waals surface area contributed by atoms with Gasteiger partial charge >= 0.3 is 0 Å². The van der Waals surface area contributed by atoms with Crippen LogP contribution in [0.15, 0.2) is 18.3 Å². The second-order valence-corrected chi connectivity index (χ2v) is 6.17. The van der Waals surface area contributed by atoms with Crippen molar-refractivity contribution < 1.29 is 4.74 Å². The fraction of sp³-hybridized carbons (Fsp3) is 0.625. The van der Waals surface area contributed by atoms with Gasteiger partial charge in [-0.2, -0.15) is 0 Å². The molecule has 4 rings (SSSR count). The molecule has 0 aromatic carbocycles. The van der Waals surface area contributed by atoms with Gasteiger partial charge in [0.1, 0.15) is 11.3 Å². The number of hydrogen-bond acceptors (Lipinski definition) is 4. The number of imidazole rings is 1. The van der Waals surface area contributed by atoms with Gasteiger partial charge in [0.25, 0.3) is 0 Å². The lowest BCUT2D eigenvalue weighted by atomic mass is 9.99. The van der Waals surface area contributed by atoms with Crippen LogP contribution in [-0.4, -0.2) is 40.8 Å². The second-order valence-electron chi connectivity index (χ2n) is 6.17. The minimum Gasteiger partial charge on any atom is -0.381 e. The molecule has 1 unspecified atom stereocenters. The SMILES string of the molecule is c1cnc2c(c1)nc(C1CCOCC1)n2CC1CCNC1. The summed E-state index contributed by atoms with van der Waals surface area (Å²) in [6, 6.07) is 4.05. The van der Waals surface area contributed by atoms with Crippen LogP contribution in [0.1, 0.15) is 31.0 Å². The van der Waals surface area contributed by atoms with Crippen molar-refractivity contribution in [3.05, 3.63) is 24.2 Å². The third kappa shape index (κ3) is 2.56. The minimum atomic E-state index is 0.516. The molecule has 0 spiro atoms. The Kier molecular flexibility index (Phi) is 3.61. The standard InChI is InChI=1S/C16H22N4O/c1-2-14-16(18-6-1)20(11-12-3-7-17-10-12)15(19-14)13-4-8-21-9-5-13/h1-2,6,12-13,17H,3-5,7-11H2. The van der Waals surface area contributed by atoms with Gasteiger partial charge in [-0.05, 0) is 50.4 Å². The van der Waals surface area contributed by atoms with Crippen LogP contribution in [-0.2, 0) is 11.3 Å². The summed E-state index contributed by atoms with van der Waals surface area (Å²) in [5.74, 6) is 2.43. The summed E-state index contributed by atoms with van der Waals surface area (Å²) in [7, 11) is 0. The van der Waals surface area contributed by atoms with Crippen molar-refractivity contribution in [3.63, 3.8) is 0 Å². The van der Waals surface area contributed by atoms with E-state index in [2.05, 4.69) is 20.9 Å². The van der Waals surface area contributed by atoms with E-state index in [0.717, 1.165) is 56.9 Å². The normalized spacial score (nSPS) is 23.9. The highest BCUT2D eigenvalue weighted by atomic mass is 16.5. The Bertz CT molecular complexity index is 612. The first kappa shape index (κ1) is 13.2. The van der Waals surface area contributed by atoms with Crippen LogP contribution in [0, 0.1) is 5.92 Å². The molecule has 2 aromatic rings. The summed E-state index contributed by atoms with van der Waals surface area (Å²) in [6.45, 7) is 4.99. The Hall–Kier alpha value is -1.46. The molecule has 2 aliphatic rings. The first-order chi connectivity index (χ1) is 10.4. The molecule has 5 heteroatoms. The number of ether oxygens (including phenoxy) is 1. The average molecular weight is 286 g/mol. The summed E-state index contributed by atoms with van der Waals surface area (Å²) >= 11 is 0. The van der Waals surface area contributed by atoms with E-state index >= 15 is 0 Å². The topological polar surface area (TPSA) is 52.0 Å². The number of rotatable bonds is 3. The number of nitrogens with one attached hydrogen (secondary N) is 1. The molecule has 1 N–H and O–H groups in total. The Morgan fingerprint density at radius 2 is 2.19 bits per heavy atom. The van der Waals surface area contributed by atoms with Gasteiger partial charge < -0.3 is 14.6 Å². The Morgan fingerprint density at radius 1 is 1.29 bits per heavy atom. The van der Waals surface area contributed by atoms with E-state index in [1.807, 2.05) is 12.3 Å². The molecule has 1 atom stereocenters. The predicted molar refractivity (Wildman–Crippen MR) is 81.3 cm³/mol. The van der Waals surface area contributed by atoms with E-state index in [9.17, 15) is 0 Å². The van der Waals surface area contributed by atoms with Crippen LogP contribution in [0.3, 0.4) is 0 Å². The van der Waals surface area contributed by atoms with Gasteiger partial charge in [-0.25, -0.2) is 9.97 Å². The maximum absolute atomic E-state index is 5.51. The molecule has 5 nitrogen and oxygen atoms in total. The van der Waals surface area contributed by atoms with Crippen LogP contribution < -0.4 is 5.32 Å². The fourth-order valence-corrected chi connectivity index (χ4v) is 3.55. The van der Waals surface area contributed by atoms with Crippen LogP contribution in [0.5, 0.6) is 0 Å². The van der Waals surface area contributed by atoms with E-state index in [-0.39, 0.29) is 0 Å². The van der Waals surface area contributed by atoms with E-state index in [1.54, 1.807) is 0 Å². The molecule has 2 aliphatic heterocycles. The van der Waals surface area contributed by atoms with Crippen molar-refractivity contribution in [1.82, 2.24) is 19.9 Å². The van der Waals surface area contributed by atoms with Crippen LogP contribution in [0.4, 0.5) is 0 Å². The van der Waals surface area contributed by atoms with Gasteiger partial charge in [-0.1, -0.05) is 0 Å². The number of fused-ring (bicyclic) bond motifs is 1. The highest BCUT2D eigenvalue weighted by Gasteiger charge is 2.25. The second kappa shape index (κ2) is 5.73. The highest BCUT2D eigenvalue weighted by molar-refractivity contribution is 5.71. The monoisotopic (exact) mass is 286 g/mol. The van der Waals surface area contributed by atoms with Gasteiger partial charge in [0.2, 0.25) is 0 Å². The lowest BCUT2D eigenvalue weighted by molar-refractivity contribution is 0.0827. The third-order valence-electron chi connectivity index (χ3n) is 4.72. The molecule has 2 fully saturated rings. The smallest absolute Gasteiger partial charge is 0.160 e. The highest BCUT2D eigenvalue weighted by Crippen LogP contribution is 2.29. The van der Waals surface area contributed by atoms with E-state index < -0.39 is 0 Å². The largest absolute Gasteiger partial charge is 0.381 e. The summed E-state index contributed by atoms with van der Waals surface area (Å²) in [5.41, 5.74) is 2.08. The first-order valence-corrected chi connectivity index (χ1v) is 8.01. The molecule has 0 aliphatic carbocycles. The molecule has 112 valence electrons. The lowest BCUT2D eigenvalue weighted by Crippen LogP contribution is -2.21. The quantitative estimate of drug-likeness (QED) is 0.937. The fourth-order valence-electron chi connectivity index (χ4n) is 3.55. The van der Waals surface area contributed by atoms with Crippen molar-refractivity contribution in [2.45, 2.75) is 31.7 Å². The molecule has 0 saturated carbocycles. The summed E-state index contributed by atoms with van der Waals surface area (Å²) in [5, 5.41) is 3.46. The van der Waals surface area contributed by atoms with Crippen molar-refractivity contribution in [3.8, 4) is 0 Å². The van der Waals surface area contributed by atoms with Gasteiger partial charge in [-0.3, -0.25) is 0 Å². The van der Waals surface area contributed by atoms with E-state index in [4.69, 9.17) is 9.72 Å². The van der Waals surface area contributed by atoms with Gasteiger partial charge in [0, 0.05) is 31.9 Å². The van der Waals surface area contributed by atoms with Crippen molar-refractivity contribution in [2.24, 2.45) is 5.92 Å². The lowest BCUT2D eigenvalue weighted by Gasteiger charge is -2.23. The number of pyridine rings is 1. The maximum Gasteiger partial charge on any atom is 0.160 e. The van der Waals surface area contributed by atoms with Crippen LogP contribution >= 0.6 is 0 Å². The maximum atomic E-state index is 5.51. The molecule has 2 aromatic heterocycles. The predicted octanol–water partition coefficient (Wildman–Crippen LogP) is 1.93. The summed E-state index contributed by atoms with van der Waals surface area (Å²) in [4.78, 5) is 9.49. The van der Waals surface area contributed by atoms with Crippen LogP contribution in [0.2, 0.25) is 0 Å². The third-order valence-corrected chi connectivity index (χ3v) is 4.72. The number of aromatic nitrogens is 3. The molecule has 0 bridgehead atoms. The molecule has 2 saturated heterocycles. The van der Waals surface area contributed by atoms with Crippen molar-refractivity contribution in [1.29, 1.82) is 0 Å². The van der Waals surface area contributed by atoms with Crippen molar-refractivity contribution >= 4 is 11.2 Å². The Balaban J connectivity index is 1.72. The molecule has 0 radical (unpaired) electrons. The van der Waals surface area contributed by atoms with Crippen LogP contribution in [0.25, 0.3) is 11.2 Å². The van der Waals surface area contributed by atoms with Crippen molar-refractivity contribution in [2.75, 3.05) is 26.3 Å². The molecular weight excluding hydrogens is 264 g/mol. The molecule has 0 amide bonds. The van der Waals surface area contributed by atoms with E-state index in [0.29, 0.717) is 11.8 Å². The summed E-state index contributed by atoms with van der Waals surface area (Å²) in [6.07, 6.45) is 5.28. The van der Waals surface area contributed by atoms with E-state index in [1.165, 1.54) is 12.2 Å². The number of nitrogens with zero attached hydrogens (tertiary/aromatic N) is 3. The Morgan fingerprint density at radius 3 is 3.00 bits per heavy atom. The zero-order valence-electron chi connectivity index (χ0n) is 12.3. The zero-order valence-corrected chi connectivity index (χ0v) is 12.3. The molecular formula is C16H22N4O.